The van der Waals surface area contributed by atoms with Crippen molar-refractivity contribution in [2.45, 2.75) is 32.1 Å². The van der Waals surface area contributed by atoms with Crippen LogP contribution < -0.4 is 5.73 Å². The van der Waals surface area contributed by atoms with E-state index in [-0.39, 0.29) is 11.7 Å². The molecule has 0 saturated carbocycles. The summed E-state index contributed by atoms with van der Waals surface area (Å²) < 4.78 is 18.0. The molecule has 0 amide bonds. The number of aromatic nitrogens is 2. The average molecular weight is 263 g/mol. The van der Waals surface area contributed by atoms with Gasteiger partial charge >= 0.3 is 0 Å². The molecule has 0 aliphatic heterocycles. The molecule has 1 aromatic heterocycles. The Morgan fingerprint density at radius 3 is 2.74 bits per heavy atom. The van der Waals surface area contributed by atoms with E-state index < -0.39 is 0 Å². The van der Waals surface area contributed by atoms with E-state index in [9.17, 15) is 4.39 Å². The van der Waals surface area contributed by atoms with Gasteiger partial charge in [0.05, 0.1) is 0 Å². The third kappa shape index (κ3) is 3.86. The largest absolute Gasteiger partial charge is 0.339 e. The molecule has 2 rings (SSSR count). The summed E-state index contributed by atoms with van der Waals surface area (Å²) in [5.41, 5.74) is 6.44. The van der Waals surface area contributed by atoms with E-state index in [1.165, 1.54) is 12.1 Å². The van der Waals surface area contributed by atoms with Gasteiger partial charge in [0.2, 0.25) is 5.89 Å². The second-order valence-corrected chi connectivity index (χ2v) is 4.68. The van der Waals surface area contributed by atoms with Gasteiger partial charge in [-0.05, 0) is 37.1 Å². The van der Waals surface area contributed by atoms with Crippen molar-refractivity contribution in [3.63, 3.8) is 0 Å². The van der Waals surface area contributed by atoms with Crippen LogP contribution in [0.25, 0.3) is 0 Å². The van der Waals surface area contributed by atoms with E-state index in [0.29, 0.717) is 24.7 Å². The first-order chi connectivity index (χ1) is 9.19. The van der Waals surface area contributed by atoms with Crippen LogP contribution in [-0.2, 0) is 6.42 Å². The number of hydrogen-bond acceptors (Lipinski definition) is 4. The highest BCUT2D eigenvalue weighted by atomic mass is 19.1. The maximum absolute atomic E-state index is 12.8. The van der Waals surface area contributed by atoms with Crippen molar-refractivity contribution in [3.05, 3.63) is 47.4 Å². The maximum atomic E-state index is 12.8. The van der Waals surface area contributed by atoms with E-state index in [2.05, 4.69) is 10.1 Å². The molecule has 1 unspecified atom stereocenters. The minimum absolute atomic E-state index is 0.220. The first-order valence-electron chi connectivity index (χ1n) is 6.46. The first-order valence-corrected chi connectivity index (χ1v) is 6.46. The molecule has 19 heavy (non-hydrogen) atoms. The van der Waals surface area contributed by atoms with Crippen LogP contribution in [0.3, 0.4) is 0 Å². The molecule has 0 radical (unpaired) electrons. The molecule has 0 bridgehead atoms. The van der Waals surface area contributed by atoms with E-state index in [4.69, 9.17) is 10.3 Å². The highest BCUT2D eigenvalue weighted by molar-refractivity contribution is 5.19. The molecule has 0 aliphatic rings. The third-order valence-corrected chi connectivity index (χ3v) is 3.02. The van der Waals surface area contributed by atoms with Gasteiger partial charge in [-0.25, -0.2) is 4.39 Å². The molecule has 0 saturated heterocycles. The van der Waals surface area contributed by atoms with E-state index in [0.717, 1.165) is 18.4 Å². The Hall–Kier alpha value is -1.75. The van der Waals surface area contributed by atoms with Crippen molar-refractivity contribution in [2.75, 3.05) is 6.54 Å². The van der Waals surface area contributed by atoms with Gasteiger partial charge in [0, 0.05) is 12.3 Å². The zero-order valence-electron chi connectivity index (χ0n) is 11.0. The smallest absolute Gasteiger partial charge is 0.229 e. The van der Waals surface area contributed by atoms with Gasteiger partial charge in [0.1, 0.15) is 5.82 Å². The molecule has 0 spiro atoms. The summed E-state index contributed by atoms with van der Waals surface area (Å²) in [6.07, 6.45) is 2.43. The molecule has 2 aromatic rings. The highest BCUT2D eigenvalue weighted by Gasteiger charge is 2.14. The number of halogens is 1. The van der Waals surface area contributed by atoms with Crippen LogP contribution in [0.5, 0.6) is 0 Å². The van der Waals surface area contributed by atoms with Crippen molar-refractivity contribution < 1.29 is 8.91 Å². The lowest BCUT2D eigenvalue weighted by Crippen LogP contribution is -2.02. The van der Waals surface area contributed by atoms with Crippen LogP contribution >= 0.6 is 0 Å². The number of hydrogen-bond donors (Lipinski definition) is 1. The van der Waals surface area contributed by atoms with Crippen LogP contribution in [-0.4, -0.2) is 16.7 Å². The van der Waals surface area contributed by atoms with Gasteiger partial charge < -0.3 is 10.3 Å². The Labute approximate surface area is 111 Å². The number of nitrogens with two attached hydrogens (primary N) is 1. The summed E-state index contributed by atoms with van der Waals surface area (Å²) in [7, 11) is 0. The summed E-state index contributed by atoms with van der Waals surface area (Å²) in [4.78, 5) is 4.37. The molecule has 4 nitrogen and oxygen atoms in total. The van der Waals surface area contributed by atoms with Gasteiger partial charge in [-0.3, -0.25) is 0 Å². The Bertz CT molecular complexity index is 510. The van der Waals surface area contributed by atoms with Gasteiger partial charge in [-0.15, -0.1) is 0 Å². The number of rotatable bonds is 6. The molecular formula is C14H18FN3O. The standard InChI is InChI=1S/C14H18FN3O/c1-10(3-2-8-16)14-17-13(18-19-14)9-11-4-6-12(15)7-5-11/h4-7,10H,2-3,8-9,16H2,1H3. The van der Waals surface area contributed by atoms with Crippen molar-refractivity contribution >= 4 is 0 Å². The molecule has 1 atom stereocenters. The van der Waals surface area contributed by atoms with Crippen molar-refractivity contribution in [1.82, 2.24) is 10.1 Å². The molecule has 102 valence electrons. The minimum atomic E-state index is -0.243. The molecular weight excluding hydrogens is 245 g/mol. The number of nitrogens with zero attached hydrogens (tertiary/aromatic N) is 2. The Morgan fingerprint density at radius 1 is 1.32 bits per heavy atom. The summed E-state index contributed by atoms with van der Waals surface area (Å²) >= 11 is 0. The van der Waals surface area contributed by atoms with Gasteiger partial charge in [-0.1, -0.05) is 24.2 Å². The van der Waals surface area contributed by atoms with Gasteiger partial charge in [0.25, 0.3) is 0 Å². The van der Waals surface area contributed by atoms with Crippen LogP contribution in [0.15, 0.2) is 28.8 Å². The minimum Gasteiger partial charge on any atom is -0.339 e. The van der Waals surface area contributed by atoms with Gasteiger partial charge in [0.15, 0.2) is 5.82 Å². The molecule has 1 heterocycles. The fourth-order valence-electron chi connectivity index (χ4n) is 1.87. The third-order valence-electron chi connectivity index (χ3n) is 3.02. The highest BCUT2D eigenvalue weighted by Crippen LogP contribution is 2.19. The molecule has 0 aliphatic carbocycles. The summed E-state index contributed by atoms with van der Waals surface area (Å²) in [5, 5.41) is 3.95. The normalized spacial score (nSPS) is 12.6. The predicted molar refractivity (Wildman–Crippen MR) is 70.2 cm³/mol. The van der Waals surface area contributed by atoms with Crippen molar-refractivity contribution in [3.8, 4) is 0 Å². The Morgan fingerprint density at radius 2 is 2.05 bits per heavy atom. The molecule has 1 aromatic carbocycles. The van der Waals surface area contributed by atoms with Crippen molar-refractivity contribution in [2.24, 2.45) is 5.73 Å². The zero-order chi connectivity index (χ0) is 13.7. The Balaban J connectivity index is 1.98. The van der Waals surface area contributed by atoms with Crippen LogP contribution in [0.4, 0.5) is 4.39 Å². The summed E-state index contributed by atoms with van der Waals surface area (Å²) in [6, 6.07) is 6.31. The molecule has 5 heteroatoms. The second-order valence-electron chi connectivity index (χ2n) is 4.68. The van der Waals surface area contributed by atoms with E-state index in [1.54, 1.807) is 12.1 Å². The van der Waals surface area contributed by atoms with E-state index in [1.807, 2.05) is 6.92 Å². The van der Waals surface area contributed by atoms with Crippen molar-refractivity contribution in [1.29, 1.82) is 0 Å². The topological polar surface area (TPSA) is 64.9 Å². The van der Waals surface area contributed by atoms with Crippen LogP contribution in [0.2, 0.25) is 0 Å². The SMILES string of the molecule is CC(CCCN)c1nc(Cc2ccc(F)cc2)no1. The number of benzene rings is 1. The lowest BCUT2D eigenvalue weighted by molar-refractivity contribution is 0.349. The first kappa shape index (κ1) is 13.7. The fraction of sp³-hybridized carbons (Fsp3) is 0.429. The lowest BCUT2D eigenvalue weighted by atomic mass is 10.1. The van der Waals surface area contributed by atoms with Crippen LogP contribution in [0.1, 0.15) is 43.0 Å². The summed E-state index contributed by atoms with van der Waals surface area (Å²) in [6.45, 7) is 2.71. The fourth-order valence-corrected chi connectivity index (χ4v) is 1.87. The second kappa shape index (κ2) is 6.43. The summed E-state index contributed by atoms with van der Waals surface area (Å²) in [5.74, 6) is 1.25. The van der Waals surface area contributed by atoms with E-state index >= 15 is 0 Å². The zero-order valence-corrected chi connectivity index (χ0v) is 11.0. The maximum Gasteiger partial charge on any atom is 0.229 e. The monoisotopic (exact) mass is 263 g/mol. The quantitative estimate of drug-likeness (QED) is 0.870. The lowest BCUT2D eigenvalue weighted by Gasteiger charge is -2.03. The molecule has 0 fully saturated rings. The van der Waals surface area contributed by atoms with Gasteiger partial charge in [-0.2, -0.15) is 4.98 Å². The molecule has 2 N–H and O–H groups in total. The average Bonchev–Trinajstić information content (AvgIpc) is 2.87. The predicted octanol–water partition coefficient (Wildman–Crippen LogP) is 2.64. The van der Waals surface area contributed by atoms with Crippen LogP contribution in [0, 0.1) is 5.82 Å². The Kier molecular flexibility index (Phi) is 4.63.